The molecule has 0 fully saturated rings. The number of aromatic nitrogens is 2. The largest absolute Gasteiger partial charge is 0.478 e. The van der Waals surface area contributed by atoms with E-state index in [1.54, 1.807) is 0 Å². The lowest BCUT2D eigenvalue weighted by Crippen LogP contribution is -2.51. The smallest absolute Gasteiger partial charge is 0.340 e. The number of carboxylic acids is 1. The van der Waals surface area contributed by atoms with Crippen molar-refractivity contribution in [2.45, 2.75) is 37.4 Å². The van der Waals surface area contributed by atoms with Crippen molar-refractivity contribution >= 4 is 16.0 Å². The Bertz CT molecular complexity index is 546. The summed E-state index contributed by atoms with van der Waals surface area (Å²) < 4.78 is 26.2. The average Bonchev–Trinajstić information content (AvgIpc) is 2.64. The van der Waals surface area contributed by atoms with E-state index in [4.69, 9.17) is 5.11 Å². The van der Waals surface area contributed by atoms with E-state index >= 15 is 0 Å². The third-order valence-corrected chi connectivity index (χ3v) is 4.19. The molecule has 0 aliphatic rings. The van der Waals surface area contributed by atoms with Crippen molar-refractivity contribution in [1.29, 1.82) is 0 Å². The summed E-state index contributed by atoms with van der Waals surface area (Å²) in [7, 11) is -4.10. The molecule has 9 heteroatoms. The van der Waals surface area contributed by atoms with Gasteiger partial charge in [-0.05, 0) is 20.8 Å². The zero-order valence-corrected chi connectivity index (χ0v) is 10.9. The highest BCUT2D eigenvalue weighted by molar-refractivity contribution is 7.89. The van der Waals surface area contributed by atoms with Crippen LogP contribution < -0.4 is 4.72 Å². The van der Waals surface area contributed by atoms with Crippen LogP contribution in [0.3, 0.4) is 0 Å². The first-order chi connectivity index (χ1) is 8.08. The molecule has 8 nitrogen and oxygen atoms in total. The van der Waals surface area contributed by atoms with Gasteiger partial charge in [0.25, 0.3) is 10.0 Å². The first-order valence-corrected chi connectivity index (χ1v) is 6.55. The van der Waals surface area contributed by atoms with Crippen LogP contribution in [0, 0.1) is 0 Å². The molecule has 0 saturated heterocycles. The lowest BCUT2D eigenvalue weighted by molar-refractivity contribution is 0.0692. The fourth-order valence-corrected chi connectivity index (χ4v) is 2.68. The van der Waals surface area contributed by atoms with Gasteiger partial charge in [-0.25, -0.2) is 17.9 Å². The molecule has 4 N–H and O–H groups in total. The molecule has 1 atom stereocenters. The first kappa shape index (κ1) is 14.6. The summed E-state index contributed by atoms with van der Waals surface area (Å²) in [6.45, 7) is 4.38. The molecule has 0 aromatic carbocycles. The van der Waals surface area contributed by atoms with Gasteiger partial charge in [0, 0.05) is 0 Å². The minimum atomic E-state index is -4.10. The van der Waals surface area contributed by atoms with E-state index in [-0.39, 0.29) is 0 Å². The molecule has 1 heterocycles. The Morgan fingerprint density at radius 2 is 2.11 bits per heavy atom. The van der Waals surface area contributed by atoms with Crippen molar-refractivity contribution in [3.05, 3.63) is 11.8 Å². The van der Waals surface area contributed by atoms with Gasteiger partial charge in [-0.3, -0.25) is 5.10 Å². The van der Waals surface area contributed by atoms with Gasteiger partial charge in [0.05, 0.1) is 17.8 Å². The van der Waals surface area contributed by atoms with E-state index in [1.807, 2.05) is 0 Å². The number of sulfonamides is 1. The maximum atomic E-state index is 12.0. The molecule has 0 aliphatic carbocycles. The fourth-order valence-electron chi connectivity index (χ4n) is 1.11. The van der Waals surface area contributed by atoms with E-state index in [1.165, 1.54) is 20.8 Å². The number of hydrogen-bond acceptors (Lipinski definition) is 5. The quantitative estimate of drug-likeness (QED) is 0.576. The number of nitrogens with one attached hydrogen (secondary N) is 2. The van der Waals surface area contributed by atoms with Gasteiger partial charge in [0.2, 0.25) is 0 Å². The number of aromatic carboxylic acids is 1. The van der Waals surface area contributed by atoms with Crippen LogP contribution in [0.25, 0.3) is 0 Å². The van der Waals surface area contributed by atoms with Crippen molar-refractivity contribution in [3.8, 4) is 0 Å². The highest BCUT2D eigenvalue weighted by Gasteiger charge is 2.33. The molecule has 0 saturated carbocycles. The number of hydrogen-bond donors (Lipinski definition) is 4. The van der Waals surface area contributed by atoms with Crippen molar-refractivity contribution in [2.24, 2.45) is 0 Å². The summed E-state index contributed by atoms with van der Waals surface area (Å²) in [6, 6.07) is 0. The van der Waals surface area contributed by atoms with E-state index < -0.39 is 38.2 Å². The highest BCUT2D eigenvalue weighted by Crippen LogP contribution is 2.17. The molecule has 0 amide bonds. The van der Waals surface area contributed by atoms with Crippen molar-refractivity contribution in [2.75, 3.05) is 0 Å². The molecule has 0 radical (unpaired) electrons. The standard InChI is InChI=1S/C9H15N3O5S/c1-5(13)9(2,3)12-18(16,17)7-6(8(14)15)4-10-11-7/h4-5,12-13H,1-3H3,(H,10,11)(H,14,15). The number of carboxylic acid groups (broad SMARTS) is 1. The zero-order chi connectivity index (χ0) is 14.1. The van der Waals surface area contributed by atoms with Gasteiger partial charge in [0.1, 0.15) is 5.56 Å². The molecule has 0 spiro atoms. The van der Waals surface area contributed by atoms with Crippen LogP contribution in [0.1, 0.15) is 31.1 Å². The molecule has 1 unspecified atom stereocenters. The molecule has 0 aliphatic heterocycles. The second kappa shape index (κ2) is 4.67. The SMILES string of the molecule is CC(O)C(C)(C)NS(=O)(=O)c1[nH]ncc1C(=O)O. The Balaban J connectivity index is 3.16. The second-order valence-electron chi connectivity index (χ2n) is 4.42. The number of carbonyl (C=O) groups is 1. The molecule has 1 aromatic heterocycles. The summed E-state index contributed by atoms with van der Waals surface area (Å²) in [5, 5.41) is 23.3. The van der Waals surface area contributed by atoms with Gasteiger partial charge in [0.15, 0.2) is 5.03 Å². The minimum absolute atomic E-state index is 0.455. The van der Waals surface area contributed by atoms with Gasteiger partial charge >= 0.3 is 5.97 Å². The normalized spacial score (nSPS) is 14.4. The maximum Gasteiger partial charge on any atom is 0.340 e. The third kappa shape index (κ3) is 2.86. The van der Waals surface area contributed by atoms with Crippen LogP contribution >= 0.6 is 0 Å². The Morgan fingerprint density at radius 3 is 2.56 bits per heavy atom. The molecule has 18 heavy (non-hydrogen) atoms. The highest BCUT2D eigenvalue weighted by atomic mass is 32.2. The van der Waals surface area contributed by atoms with E-state index in [9.17, 15) is 18.3 Å². The number of aliphatic hydroxyl groups excluding tert-OH is 1. The van der Waals surface area contributed by atoms with Gasteiger partial charge in [-0.15, -0.1) is 0 Å². The Morgan fingerprint density at radius 1 is 1.56 bits per heavy atom. The topological polar surface area (TPSA) is 132 Å². The molecule has 0 bridgehead atoms. The van der Waals surface area contributed by atoms with E-state index in [0.717, 1.165) is 6.20 Å². The monoisotopic (exact) mass is 277 g/mol. The van der Waals surface area contributed by atoms with Gasteiger partial charge in [-0.1, -0.05) is 0 Å². The number of H-pyrrole nitrogens is 1. The number of aromatic amines is 1. The predicted octanol–water partition coefficient (Wildman–Crippen LogP) is -0.454. The first-order valence-electron chi connectivity index (χ1n) is 5.06. The summed E-state index contributed by atoms with van der Waals surface area (Å²) in [6.07, 6.45) is -0.0461. The van der Waals surface area contributed by atoms with E-state index in [2.05, 4.69) is 14.9 Å². The van der Waals surface area contributed by atoms with Crippen LogP contribution in [-0.2, 0) is 10.0 Å². The molecule has 1 rings (SSSR count). The lowest BCUT2D eigenvalue weighted by atomic mass is 10.0. The summed E-state index contributed by atoms with van der Waals surface area (Å²) >= 11 is 0. The second-order valence-corrected chi connectivity index (χ2v) is 6.04. The van der Waals surface area contributed by atoms with Gasteiger partial charge < -0.3 is 10.2 Å². The Hall–Kier alpha value is -1.45. The van der Waals surface area contributed by atoms with Crippen LogP contribution in [0.15, 0.2) is 11.2 Å². The van der Waals surface area contributed by atoms with Crippen LogP contribution in [-0.4, -0.2) is 46.4 Å². The van der Waals surface area contributed by atoms with Crippen LogP contribution in [0.2, 0.25) is 0 Å². The van der Waals surface area contributed by atoms with Crippen molar-refractivity contribution in [1.82, 2.24) is 14.9 Å². The summed E-state index contributed by atoms with van der Waals surface area (Å²) in [5.74, 6) is -1.40. The molecular formula is C9H15N3O5S. The molecule has 102 valence electrons. The van der Waals surface area contributed by atoms with Crippen molar-refractivity contribution < 1.29 is 23.4 Å². The minimum Gasteiger partial charge on any atom is -0.478 e. The Kier molecular flexibility index (Phi) is 3.79. The average molecular weight is 277 g/mol. The zero-order valence-electron chi connectivity index (χ0n) is 10.1. The van der Waals surface area contributed by atoms with E-state index in [0.29, 0.717) is 0 Å². The molecule has 1 aromatic rings. The molecular weight excluding hydrogens is 262 g/mol. The number of rotatable bonds is 5. The summed E-state index contributed by atoms with van der Waals surface area (Å²) in [4.78, 5) is 10.8. The van der Waals surface area contributed by atoms with Crippen LogP contribution in [0.5, 0.6) is 0 Å². The number of aliphatic hydroxyl groups is 1. The van der Waals surface area contributed by atoms with Crippen molar-refractivity contribution in [3.63, 3.8) is 0 Å². The predicted molar refractivity (Wildman–Crippen MR) is 61.6 cm³/mol. The van der Waals surface area contributed by atoms with Crippen LogP contribution in [0.4, 0.5) is 0 Å². The Labute approximate surface area is 104 Å². The number of nitrogens with zero attached hydrogens (tertiary/aromatic N) is 1. The summed E-state index contributed by atoms with van der Waals surface area (Å²) in [5.41, 5.74) is -1.59. The third-order valence-electron chi connectivity index (χ3n) is 2.55. The lowest BCUT2D eigenvalue weighted by Gasteiger charge is -2.28. The fraction of sp³-hybridized carbons (Fsp3) is 0.556. The maximum absolute atomic E-state index is 12.0. The van der Waals surface area contributed by atoms with Gasteiger partial charge in [-0.2, -0.15) is 5.10 Å².